The zero-order valence-electron chi connectivity index (χ0n) is 19.5. The van der Waals surface area contributed by atoms with Crippen molar-refractivity contribution in [3.63, 3.8) is 0 Å². The number of likely N-dealkylation sites (tertiary alicyclic amines) is 2. The maximum absolute atomic E-state index is 13.2. The van der Waals surface area contributed by atoms with Gasteiger partial charge in [0.15, 0.2) is 6.61 Å². The highest BCUT2D eigenvalue weighted by Crippen LogP contribution is 2.31. The molecule has 2 N–H and O–H groups in total. The van der Waals surface area contributed by atoms with Crippen molar-refractivity contribution in [2.24, 2.45) is 5.92 Å². The third-order valence-electron chi connectivity index (χ3n) is 6.99. The van der Waals surface area contributed by atoms with Crippen LogP contribution in [0.25, 0.3) is 0 Å². The van der Waals surface area contributed by atoms with Crippen molar-refractivity contribution in [2.75, 3.05) is 26.2 Å². The first-order valence-electron chi connectivity index (χ1n) is 12.0. The van der Waals surface area contributed by atoms with Crippen molar-refractivity contribution < 1.29 is 14.3 Å². The minimum Gasteiger partial charge on any atom is -0.484 e. The average Bonchev–Trinajstić information content (AvgIpc) is 2.85. The van der Waals surface area contributed by atoms with Crippen LogP contribution >= 0.6 is 0 Å². The average molecular weight is 469 g/mol. The highest BCUT2D eigenvalue weighted by molar-refractivity contribution is 5.79. The molecule has 9 heteroatoms. The molecular weight excluding hydrogens is 436 g/mol. The third kappa shape index (κ3) is 5.58. The Kier molecular flexibility index (Phi) is 7.49. The minimum absolute atomic E-state index is 0.0216. The van der Waals surface area contributed by atoms with Crippen molar-refractivity contribution in [3.8, 4) is 5.75 Å². The van der Waals surface area contributed by atoms with Gasteiger partial charge in [-0.3, -0.25) is 19.4 Å². The normalized spacial score (nSPS) is 19.1. The molecule has 4 rings (SSSR count). The monoisotopic (exact) mass is 468 g/mol. The molecule has 0 radical (unpaired) electrons. The van der Waals surface area contributed by atoms with Crippen molar-refractivity contribution in [1.29, 1.82) is 0 Å². The SMILES string of the molecule is Cc1[nH]c(=O)[nH]c(=O)c1CC(=O)N1CCCCC1C1CCN(C(=O)COc2ccccc2)CC1. The molecule has 2 fully saturated rings. The van der Waals surface area contributed by atoms with Crippen LogP contribution in [0, 0.1) is 12.8 Å². The Hall–Kier alpha value is -3.36. The van der Waals surface area contributed by atoms with E-state index in [4.69, 9.17) is 4.74 Å². The van der Waals surface area contributed by atoms with Gasteiger partial charge in [0.25, 0.3) is 11.5 Å². The molecule has 0 saturated carbocycles. The molecule has 9 nitrogen and oxygen atoms in total. The fourth-order valence-corrected chi connectivity index (χ4v) is 5.14. The largest absolute Gasteiger partial charge is 0.484 e. The molecule has 0 bridgehead atoms. The van der Waals surface area contributed by atoms with Gasteiger partial charge in [0.2, 0.25) is 5.91 Å². The number of nitrogens with zero attached hydrogens (tertiary/aromatic N) is 2. The molecule has 1 atom stereocenters. The molecule has 0 aliphatic carbocycles. The fraction of sp³-hybridized carbons (Fsp3) is 0.520. The predicted octanol–water partition coefficient (Wildman–Crippen LogP) is 1.61. The lowest BCUT2D eigenvalue weighted by Gasteiger charge is -2.43. The van der Waals surface area contributed by atoms with E-state index in [0.717, 1.165) is 32.1 Å². The number of hydrogen-bond donors (Lipinski definition) is 2. The molecule has 1 unspecified atom stereocenters. The number of carbonyl (C=O) groups excluding carboxylic acids is 2. The van der Waals surface area contributed by atoms with E-state index >= 15 is 0 Å². The molecule has 2 amide bonds. The van der Waals surface area contributed by atoms with Gasteiger partial charge in [0.1, 0.15) is 5.75 Å². The second-order valence-electron chi connectivity index (χ2n) is 9.16. The van der Waals surface area contributed by atoms with Crippen molar-refractivity contribution in [1.82, 2.24) is 19.8 Å². The van der Waals surface area contributed by atoms with Crippen molar-refractivity contribution >= 4 is 11.8 Å². The number of ether oxygens (including phenoxy) is 1. The number of aromatic nitrogens is 2. The highest BCUT2D eigenvalue weighted by atomic mass is 16.5. The first-order chi connectivity index (χ1) is 16.4. The van der Waals surface area contributed by atoms with Gasteiger partial charge in [-0.05, 0) is 57.1 Å². The van der Waals surface area contributed by atoms with Crippen LogP contribution in [-0.4, -0.2) is 63.9 Å². The molecule has 3 heterocycles. The van der Waals surface area contributed by atoms with E-state index in [-0.39, 0.29) is 30.9 Å². The molecule has 1 aromatic heterocycles. The van der Waals surface area contributed by atoms with Crippen LogP contribution in [-0.2, 0) is 16.0 Å². The summed E-state index contributed by atoms with van der Waals surface area (Å²) in [6.45, 7) is 3.64. The number of amides is 2. The van der Waals surface area contributed by atoms with Gasteiger partial charge in [-0.15, -0.1) is 0 Å². The number of para-hydroxylation sites is 1. The van der Waals surface area contributed by atoms with Gasteiger partial charge in [-0.25, -0.2) is 4.79 Å². The van der Waals surface area contributed by atoms with Crippen LogP contribution in [0.5, 0.6) is 5.75 Å². The molecule has 2 aromatic rings. The van der Waals surface area contributed by atoms with E-state index in [0.29, 0.717) is 42.6 Å². The lowest BCUT2D eigenvalue weighted by Crippen LogP contribution is -2.52. The summed E-state index contributed by atoms with van der Waals surface area (Å²) in [5.74, 6) is 0.892. The van der Waals surface area contributed by atoms with E-state index in [1.807, 2.05) is 40.1 Å². The summed E-state index contributed by atoms with van der Waals surface area (Å²) >= 11 is 0. The summed E-state index contributed by atoms with van der Waals surface area (Å²) in [5, 5.41) is 0. The maximum atomic E-state index is 13.2. The lowest BCUT2D eigenvalue weighted by molar-refractivity contribution is -0.139. The minimum atomic E-state index is -0.565. The number of carbonyl (C=O) groups is 2. The number of H-pyrrole nitrogens is 2. The highest BCUT2D eigenvalue weighted by Gasteiger charge is 2.35. The molecular formula is C25H32N4O5. The maximum Gasteiger partial charge on any atom is 0.325 e. The fourth-order valence-electron chi connectivity index (χ4n) is 5.14. The quantitative estimate of drug-likeness (QED) is 0.668. The van der Waals surface area contributed by atoms with Gasteiger partial charge < -0.3 is 19.5 Å². The van der Waals surface area contributed by atoms with Gasteiger partial charge in [-0.2, -0.15) is 0 Å². The number of benzene rings is 1. The number of hydrogen-bond acceptors (Lipinski definition) is 5. The van der Waals surface area contributed by atoms with Crippen LogP contribution in [0.1, 0.15) is 43.4 Å². The van der Waals surface area contributed by atoms with Crippen LogP contribution in [0.2, 0.25) is 0 Å². The molecule has 2 saturated heterocycles. The van der Waals surface area contributed by atoms with E-state index in [1.54, 1.807) is 6.92 Å². The Balaban J connectivity index is 1.34. The molecule has 2 aliphatic rings. The summed E-state index contributed by atoms with van der Waals surface area (Å²) in [4.78, 5) is 58.0. The number of rotatable bonds is 6. The summed E-state index contributed by atoms with van der Waals surface area (Å²) in [6.07, 6.45) is 4.59. The first-order valence-corrected chi connectivity index (χ1v) is 12.0. The summed E-state index contributed by atoms with van der Waals surface area (Å²) in [5.41, 5.74) is -0.328. The lowest BCUT2D eigenvalue weighted by atomic mass is 9.83. The van der Waals surface area contributed by atoms with Crippen molar-refractivity contribution in [2.45, 2.75) is 51.5 Å². The van der Waals surface area contributed by atoms with Crippen LogP contribution in [0.3, 0.4) is 0 Å². The molecule has 0 spiro atoms. The smallest absolute Gasteiger partial charge is 0.325 e. The van der Waals surface area contributed by atoms with Crippen LogP contribution in [0.4, 0.5) is 0 Å². The van der Waals surface area contributed by atoms with E-state index in [2.05, 4.69) is 9.97 Å². The van der Waals surface area contributed by atoms with Crippen LogP contribution < -0.4 is 16.0 Å². The standard InChI is InChI=1S/C25H32N4O5/c1-17-20(24(32)27-25(33)26-17)15-22(30)29-12-6-5-9-21(29)18-10-13-28(14-11-18)23(31)16-34-19-7-3-2-4-8-19/h2-4,7-8,18,21H,5-6,9-16H2,1H3,(H2,26,27,32,33). The summed E-state index contributed by atoms with van der Waals surface area (Å²) < 4.78 is 5.60. The van der Waals surface area contributed by atoms with Gasteiger partial charge in [0.05, 0.1) is 6.42 Å². The van der Waals surface area contributed by atoms with Crippen molar-refractivity contribution in [3.05, 3.63) is 62.4 Å². The molecule has 34 heavy (non-hydrogen) atoms. The summed E-state index contributed by atoms with van der Waals surface area (Å²) in [6, 6.07) is 9.42. The molecule has 1 aromatic carbocycles. The molecule has 182 valence electrons. The van der Waals surface area contributed by atoms with E-state index in [9.17, 15) is 19.2 Å². The number of piperidine rings is 2. The zero-order valence-corrected chi connectivity index (χ0v) is 19.5. The Labute approximate surface area is 198 Å². The number of aryl methyl sites for hydroxylation is 1. The van der Waals surface area contributed by atoms with Crippen LogP contribution in [0.15, 0.2) is 39.9 Å². The Morgan fingerprint density at radius 1 is 0.971 bits per heavy atom. The van der Waals surface area contributed by atoms with Gasteiger partial charge in [-0.1, -0.05) is 18.2 Å². The third-order valence-corrected chi connectivity index (χ3v) is 6.99. The zero-order chi connectivity index (χ0) is 24.1. The second kappa shape index (κ2) is 10.7. The molecule has 2 aliphatic heterocycles. The predicted molar refractivity (Wildman–Crippen MR) is 127 cm³/mol. The second-order valence-corrected chi connectivity index (χ2v) is 9.16. The number of aromatic amines is 2. The number of nitrogens with one attached hydrogen (secondary N) is 2. The van der Waals surface area contributed by atoms with Gasteiger partial charge in [0, 0.05) is 36.9 Å². The summed E-state index contributed by atoms with van der Waals surface area (Å²) in [7, 11) is 0. The Morgan fingerprint density at radius 2 is 1.71 bits per heavy atom. The van der Waals surface area contributed by atoms with E-state index < -0.39 is 11.2 Å². The first kappa shape index (κ1) is 23.8. The Bertz CT molecular complexity index is 1120. The topological polar surface area (TPSA) is 116 Å². The Morgan fingerprint density at radius 3 is 2.41 bits per heavy atom. The van der Waals surface area contributed by atoms with Gasteiger partial charge >= 0.3 is 5.69 Å². The van der Waals surface area contributed by atoms with E-state index in [1.165, 1.54) is 0 Å².